The Labute approximate surface area is 158 Å². The Morgan fingerprint density at radius 2 is 1.88 bits per heavy atom. The number of hydrogen-bond acceptors (Lipinski definition) is 5. The van der Waals surface area contributed by atoms with Gasteiger partial charge in [-0.2, -0.15) is 0 Å². The minimum Gasteiger partial charge on any atom is -0.495 e. The highest BCUT2D eigenvalue weighted by Gasteiger charge is 2.17. The normalized spacial score (nSPS) is 14.7. The number of carbonyl (C=O) groups is 1. The third-order valence-corrected chi connectivity index (χ3v) is 4.63. The minimum absolute atomic E-state index is 0.313. The highest BCUT2D eigenvalue weighted by Crippen LogP contribution is 2.28. The van der Waals surface area contributed by atoms with Gasteiger partial charge in [0.25, 0.3) is 5.91 Å². The van der Waals surface area contributed by atoms with Crippen LogP contribution in [0.25, 0.3) is 0 Å². The van der Waals surface area contributed by atoms with Crippen LogP contribution in [-0.4, -0.2) is 36.1 Å². The largest absolute Gasteiger partial charge is 0.495 e. The number of methoxy groups -OCH3 is 1. The number of rotatable bonds is 4. The summed E-state index contributed by atoms with van der Waals surface area (Å²) >= 11 is 6.03. The number of ether oxygens (including phenoxy) is 1. The van der Waals surface area contributed by atoms with Crippen LogP contribution in [0.3, 0.4) is 0 Å². The van der Waals surface area contributed by atoms with Crippen LogP contribution in [0.2, 0.25) is 5.02 Å². The van der Waals surface area contributed by atoms with Crippen LogP contribution in [0.4, 0.5) is 11.5 Å². The molecule has 1 N–H and O–H groups in total. The van der Waals surface area contributed by atoms with Crippen molar-refractivity contribution in [3.63, 3.8) is 0 Å². The Morgan fingerprint density at radius 1 is 1.15 bits per heavy atom. The standard InChI is InChI=1S/C19H23ClN4O2/c1-13-21-16(12-18(22-13)24-9-5-3-4-6-10-24)19(25)23-15-11-14(20)7-8-17(15)26-2/h7-8,11-12H,3-6,9-10H2,1-2H3,(H,23,25). The number of aromatic nitrogens is 2. The van der Waals surface area contributed by atoms with E-state index in [9.17, 15) is 4.79 Å². The minimum atomic E-state index is -0.313. The van der Waals surface area contributed by atoms with E-state index in [4.69, 9.17) is 16.3 Å². The van der Waals surface area contributed by atoms with Gasteiger partial charge in [-0.3, -0.25) is 4.79 Å². The van der Waals surface area contributed by atoms with E-state index in [2.05, 4.69) is 20.2 Å². The van der Waals surface area contributed by atoms with Gasteiger partial charge < -0.3 is 15.0 Å². The molecule has 1 amide bonds. The van der Waals surface area contributed by atoms with Crippen LogP contribution in [-0.2, 0) is 0 Å². The Balaban J connectivity index is 1.84. The summed E-state index contributed by atoms with van der Waals surface area (Å²) in [5.74, 6) is 1.62. The van der Waals surface area contributed by atoms with Gasteiger partial charge in [-0.1, -0.05) is 24.4 Å². The van der Waals surface area contributed by atoms with E-state index < -0.39 is 0 Å². The summed E-state index contributed by atoms with van der Waals surface area (Å²) < 4.78 is 5.28. The number of benzene rings is 1. The molecule has 3 rings (SSSR count). The molecule has 2 heterocycles. The molecule has 0 aliphatic carbocycles. The quantitative estimate of drug-likeness (QED) is 0.873. The van der Waals surface area contributed by atoms with E-state index in [1.165, 1.54) is 12.8 Å². The number of aryl methyl sites for hydroxylation is 1. The maximum Gasteiger partial charge on any atom is 0.274 e. The van der Waals surface area contributed by atoms with E-state index in [1.54, 1.807) is 38.3 Å². The molecule has 1 aromatic carbocycles. The molecule has 2 aromatic rings. The molecule has 0 spiro atoms. The second-order valence-electron chi connectivity index (χ2n) is 6.36. The first-order valence-electron chi connectivity index (χ1n) is 8.82. The van der Waals surface area contributed by atoms with Gasteiger partial charge in [0.2, 0.25) is 0 Å². The van der Waals surface area contributed by atoms with Crippen LogP contribution in [0.5, 0.6) is 5.75 Å². The smallest absolute Gasteiger partial charge is 0.274 e. The lowest BCUT2D eigenvalue weighted by Crippen LogP contribution is -2.26. The van der Waals surface area contributed by atoms with Crippen molar-refractivity contribution in [1.29, 1.82) is 0 Å². The summed E-state index contributed by atoms with van der Waals surface area (Å²) in [7, 11) is 1.55. The van der Waals surface area contributed by atoms with Gasteiger partial charge in [-0.15, -0.1) is 0 Å². The molecule has 6 nitrogen and oxygen atoms in total. The van der Waals surface area contributed by atoms with Crippen molar-refractivity contribution in [2.75, 3.05) is 30.4 Å². The van der Waals surface area contributed by atoms with Crippen molar-refractivity contribution < 1.29 is 9.53 Å². The SMILES string of the molecule is COc1ccc(Cl)cc1NC(=O)c1cc(N2CCCCCC2)nc(C)n1. The first-order chi connectivity index (χ1) is 12.6. The topological polar surface area (TPSA) is 67.3 Å². The number of carbonyl (C=O) groups excluding carboxylic acids is 1. The molecule has 0 radical (unpaired) electrons. The fraction of sp³-hybridized carbons (Fsp3) is 0.421. The maximum atomic E-state index is 12.7. The Bertz CT molecular complexity index is 789. The van der Waals surface area contributed by atoms with Gasteiger partial charge in [-0.05, 0) is 38.0 Å². The Morgan fingerprint density at radius 3 is 2.58 bits per heavy atom. The third kappa shape index (κ3) is 4.43. The zero-order chi connectivity index (χ0) is 18.5. The van der Waals surface area contributed by atoms with Gasteiger partial charge in [0.05, 0.1) is 12.8 Å². The molecule has 1 aliphatic heterocycles. The lowest BCUT2D eigenvalue weighted by Gasteiger charge is -2.22. The average Bonchev–Trinajstić information content (AvgIpc) is 2.91. The van der Waals surface area contributed by atoms with E-state index in [0.717, 1.165) is 31.7 Å². The number of nitrogens with one attached hydrogen (secondary N) is 1. The summed E-state index contributed by atoms with van der Waals surface area (Å²) in [6.07, 6.45) is 4.76. The summed E-state index contributed by atoms with van der Waals surface area (Å²) in [5, 5.41) is 3.35. The summed E-state index contributed by atoms with van der Waals surface area (Å²) in [5.41, 5.74) is 0.844. The predicted octanol–water partition coefficient (Wildman–Crippen LogP) is 4.08. The first-order valence-corrected chi connectivity index (χ1v) is 9.20. The zero-order valence-electron chi connectivity index (χ0n) is 15.1. The molecule has 26 heavy (non-hydrogen) atoms. The van der Waals surface area contributed by atoms with E-state index in [-0.39, 0.29) is 5.91 Å². The molecule has 1 aromatic heterocycles. The van der Waals surface area contributed by atoms with Crippen LogP contribution < -0.4 is 15.0 Å². The van der Waals surface area contributed by atoms with E-state index in [0.29, 0.717) is 28.0 Å². The van der Waals surface area contributed by atoms with Crippen molar-refractivity contribution in [3.05, 3.63) is 40.8 Å². The number of amides is 1. The number of nitrogens with zero attached hydrogens (tertiary/aromatic N) is 3. The second-order valence-corrected chi connectivity index (χ2v) is 6.80. The zero-order valence-corrected chi connectivity index (χ0v) is 15.8. The molecule has 7 heteroatoms. The molecular formula is C19H23ClN4O2. The third-order valence-electron chi connectivity index (χ3n) is 4.40. The molecule has 1 aliphatic rings. The van der Waals surface area contributed by atoms with Gasteiger partial charge in [0, 0.05) is 24.2 Å². The van der Waals surface area contributed by atoms with Crippen molar-refractivity contribution >= 4 is 29.0 Å². The molecular weight excluding hydrogens is 352 g/mol. The predicted molar refractivity (Wildman–Crippen MR) is 103 cm³/mol. The van der Waals surface area contributed by atoms with Crippen LogP contribution in [0, 0.1) is 6.92 Å². The summed E-state index contributed by atoms with van der Waals surface area (Å²) in [6, 6.07) is 6.83. The first kappa shape index (κ1) is 18.5. The van der Waals surface area contributed by atoms with E-state index >= 15 is 0 Å². The number of hydrogen-bond donors (Lipinski definition) is 1. The summed E-state index contributed by atoms with van der Waals surface area (Å²) in [6.45, 7) is 3.72. The molecule has 0 saturated carbocycles. The van der Waals surface area contributed by atoms with Gasteiger partial charge in [0.15, 0.2) is 0 Å². The van der Waals surface area contributed by atoms with Crippen LogP contribution in [0.15, 0.2) is 24.3 Å². The fourth-order valence-electron chi connectivity index (χ4n) is 3.09. The van der Waals surface area contributed by atoms with E-state index in [1.807, 2.05) is 0 Å². The monoisotopic (exact) mass is 374 g/mol. The number of halogens is 1. The summed E-state index contributed by atoms with van der Waals surface area (Å²) in [4.78, 5) is 23.8. The van der Waals surface area contributed by atoms with Crippen molar-refractivity contribution in [1.82, 2.24) is 9.97 Å². The highest BCUT2D eigenvalue weighted by atomic mass is 35.5. The molecule has 0 unspecified atom stereocenters. The van der Waals surface area contributed by atoms with Crippen molar-refractivity contribution in [3.8, 4) is 5.75 Å². The fourth-order valence-corrected chi connectivity index (χ4v) is 3.27. The van der Waals surface area contributed by atoms with Crippen molar-refractivity contribution in [2.24, 2.45) is 0 Å². The lowest BCUT2D eigenvalue weighted by molar-refractivity contribution is 0.102. The number of anilines is 2. The van der Waals surface area contributed by atoms with Gasteiger partial charge in [-0.25, -0.2) is 9.97 Å². The molecule has 1 saturated heterocycles. The second kappa shape index (κ2) is 8.36. The van der Waals surface area contributed by atoms with Crippen LogP contribution >= 0.6 is 11.6 Å². The maximum absolute atomic E-state index is 12.7. The Kier molecular flexibility index (Phi) is 5.93. The molecule has 1 fully saturated rings. The average molecular weight is 375 g/mol. The molecule has 0 atom stereocenters. The highest BCUT2D eigenvalue weighted by molar-refractivity contribution is 6.31. The van der Waals surface area contributed by atoms with Crippen LogP contribution in [0.1, 0.15) is 42.0 Å². The molecule has 0 bridgehead atoms. The molecule has 138 valence electrons. The Hall–Kier alpha value is -2.34. The van der Waals surface area contributed by atoms with Crippen molar-refractivity contribution in [2.45, 2.75) is 32.6 Å². The lowest BCUT2D eigenvalue weighted by atomic mass is 10.2. The van der Waals surface area contributed by atoms with Gasteiger partial charge >= 0.3 is 0 Å². The van der Waals surface area contributed by atoms with Gasteiger partial charge in [0.1, 0.15) is 23.1 Å².